The Morgan fingerprint density at radius 1 is 1.00 bits per heavy atom. The molecule has 0 saturated heterocycles. The predicted molar refractivity (Wildman–Crippen MR) is 86.3 cm³/mol. The highest BCUT2D eigenvalue weighted by molar-refractivity contribution is 5.89. The number of nitrogens with zero attached hydrogens (tertiary/aromatic N) is 2. The number of rotatable bonds is 3. The molecule has 1 aromatic carbocycles. The number of halogens is 4. The van der Waals surface area contributed by atoms with Gasteiger partial charge in [-0.15, -0.1) is 0 Å². The molecule has 0 radical (unpaired) electrons. The van der Waals surface area contributed by atoms with Gasteiger partial charge in [-0.3, -0.25) is 0 Å². The maximum atomic E-state index is 14.0. The van der Waals surface area contributed by atoms with Crippen LogP contribution in [0.4, 0.5) is 23.4 Å². The third-order valence-corrected chi connectivity index (χ3v) is 3.36. The lowest BCUT2D eigenvalue weighted by Gasteiger charge is -2.34. The number of alkyl halides is 3. The molecule has 2 rings (SSSR count). The molecule has 0 amide bonds. The summed E-state index contributed by atoms with van der Waals surface area (Å²) in [6.45, 7) is 9.86. The lowest BCUT2D eigenvalue weighted by atomic mass is 9.82. The molecule has 0 fully saturated rings. The quantitative estimate of drug-likeness (QED) is 0.757. The third-order valence-electron chi connectivity index (χ3n) is 3.36. The van der Waals surface area contributed by atoms with Gasteiger partial charge < -0.3 is 5.32 Å². The number of fused-ring (bicyclic) bond motifs is 1. The topological polar surface area (TPSA) is 37.8 Å². The highest BCUT2D eigenvalue weighted by atomic mass is 19.4. The summed E-state index contributed by atoms with van der Waals surface area (Å²) in [4.78, 5) is 6.97. The number of benzene rings is 1. The van der Waals surface area contributed by atoms with Crippen LogP contribution in [0.2, 0.25) is 0 Å². The Balaban J connectivity index is 2.58. The average Bonchev–Trinajstić information content (AvgIpc) is 2.35. The normalized spacial score (nSPS) is 13.4. The van der Waals surface area contributed by atoms with Gasteiger partial charge in [0, 0.05) is 10.9 Å². The Bertz CT molecular complexity index is 746. The van der Waals surface area contributed by atoms with Crippen molar-refractivity contribution < 1.29 is 17.6 Å². The summed E-state index contributed by atoms with van der Waals surface area (Å²) in [6, 6.07) is 4.02. The molecule has 0 spiro atoms. The van der Waals surface area contributed by atoms with Crippen molar-refractivity contribution in [2.45, 2.75) is 52.8 Å². The summed E-state index contributed by atoms with van der Waals surface area (Å²) < 4.78 is 53.1. The third kappa shape index (κ3) is 4.33. The van der Waals surface area contributed by atoms with Crippen LogP contribution in [0.5, 0.6) is 0 Å². The molecule has 0 bridgehead atoms. The van der Waals surface area contributed by atoms with Crippen LogP contribution in [0, 0.1) is 11.2 Å². The van der Waals surface area contributed by atoms with Gasteiger partial charge in [-0.1, -0.05) is 26.8 Å². The molecule has 24 heavy (non-hydrogen) atoms. The summed E-state index contributed by atoms with van der Waals surface area (Å²) in [5.41, 5.74) is -0.916. The van der Waals surface area contributed by atoms with Crippen LogP contribution in [0.15, 0.2) is 18.2 Å². The zero-order valence-corrected chi connectivity index (χ0v) is 14.3. The van der Waals surface area contributed by atoms with Crippen LogP contribution < -0.4 is 5.32 Å². The minimum Gasteiger partial charge on any atom is -0.365 e. The number of hydrogen-bond donors (Lipinski definition) is 1. The fraction of sp³-hybridized carbons (Fsp3) is 0.529. The zero-order chi connectivity index (χ0) is 18.3. The van der Waals surface area contributed by atoms with Gasteiger partial charge in [0.25, 0.3) is 0 Å². The van der Waals surface area contributed by atoms with E-state index in [0.29, 0.717) is 6.42 Å². The molecule has 1 N–H and O–H groups in total. The minimum atomic E-state index is -4.75. The molecule has 0 aliphatic carbocycles. The van der Waals surface area contributed by atoms with Crippen molar-refractivity contribution in [3.8, 4) is 0 Å². The number of anilines is 1. The molecule has 1 heterocycles. The largest absolute Gasteiger partial charge is 0.451 e. The lowest BCUT2D eigenvalue weighted by molar-refractivity contribution is -0.144. The molecule has 2 aromatic rings. The maximum Gasteiger partial charge on any atom is 0.451 e. The Labute approximate surface area is 138 Å². The van der Waals surface area contributed by atoms with E-state index in [9.17, 15) is 17.6 Å². The number of para-hydroxylation sites is 1. The average molecular weight is 343 g/mol. The fourth-order valence-electron chi connectivity index (χ4n) is 3.03. The van der Waals surface area contributed by atoms with Gasteiger partial charge in [0.1, 0.15) is 17.2 Å². The molecule has 3 nitrogen and oxygen atoms in total. The van der Waals surface area contributed by atoms with Crippen LogP contribution >= 0.6 is 0 Å². The van der Waals surface area contributed by atoms with Gasteiger partial charge in [0.2, 0.25) is 5.82 Å². The molecular weight excluding hydrogens is 322 g/mol. The Kier molecular flexibility index (Phi) is 4.50. The van der Waals surface area contributed by atoms with Gasteiger partial charge in [-0.25, -0.2) is 14.4 Å². The SMILES string of the molecule is CC(C)(C)CC(C)(C)Nc1nc(C(F)(F)F)nc2c(F)cccc12. The van der Waals surface area contributed by atoms with Crippen molar-refractivity contribution in [1.29, 1.82) is 0 Å². The van der Waals surface area contributed by atoms with E-state index in [4.69, 9.17) is 0 Å². The Hall–Kier alpha value is -1.92. The van der Waals surface area contributed by atoms with Gasteiger partial charge in [-0.05, 0) is 37.8 Å². The highest BCUT2D eigenvalue weighted by Crippen LogP contribution is 2.34. The van der Waals surface area contributed by atoms with E-state index in [1.165, 1.54) is 12.1 Å². The number of aromatic nitrogens is 2. The molecule has 0 atom stereocenters. The summed E-state index contributed by atoms with van der Waals surface area (Å²) in [7, 11) is 0. The van der Waals surface area contributed by atoms with Crippen molar-refractivity contribution in [1.82, 2.24) is 9.97 Å². The standard InChI is InChI=1S/C17H21F4N3/c1-15(2,3)9-16(4,5)24-13-10-7-6-8-11(18)12(10)22-14(23-13)17(19,20)21/h6-8H,9H2,1-5H3,(H,22,23,24). The summed E-state index contributed by atoms with van der Waals surface area (Å²) in [5, 5.41) is 3.27. The van der Waals surface area contributed by atoms with Gasteiger partial charge in [0.15, 0.2) is 0 Å². The summed E-state index contributed by atoms with van der Waals surface area (Å²) >= 11 is 0. The summed E-state index contributed by atoms with van der Waals surface area (Å²) in [6.07, 6.45) is -4.07. The van der Waals surface area contributed by atoms with Gasteiger partial charge >= 0.3 is 6.18 Å². The van der Waals surface area contributed by atoms with Crippen LogP contribution in [-0.2, 0) is 6.18 Å². The fourth-order valence-corrected chi connectivity index (χ4v) is 3.03. The predicted octanol–water partition coefficient (Wildman–Crippen LogP) is 5.41. The molecular formula is C17H21F4N3. The first-order valence-electron chi connectivity index (χ1n) is 7.60. The van der Waals surface area contributed by atoms with E-state index in [1.54, 1.807) is 0 Å². The van der Waals surface area contributed by atoms with E-state index < -0.39 is 23.4 Å². The molecule has 1 aromatic heterocycles. The van der Waals surface area contributed by atoms with E-state index in [-0.39, 0.29) is 22.1 Å². The van der Waals surface area contributed by atoms with E-state index in [1.807, 2.05) is 34.6 Å². The second-order valence-electron chi connectivity index (χ2n) is 7.78. The Morgan fingerprint density at radius 2 is 1.62 bits per heavy atom. The first-order chi connectivity index (χ1) is 10.8. The highest BCUT2D eigenvalue weighted by Gasteiger charge is 2.36. The molecule has 0 saturated carbocycles. The van der Waals surface area contributed by atoms with Crippen molar-refractivity contribution in [3.63, 3.8) is 0 Å². The number of hydrogen-bond acceptors (Lipinski definition) is 3. The second kappa shape index (κ2) is 5.86. The van der Waals surface area contributed by atoms with Gasteiger partial charge in [0.05, 0.1) is 0 Å². The minimum absolute atomic E-state index is 0.0129. The van der Waals surface area contributed by atoms with Crippen LogP contribution in [0.25, 0.3) is 10.9 Å². The maximum absolute atomic E-state index is 14.0. The molecule has 7 heteroatoms. The van der Waals surface area contributed by atoms with E-state index >= 15 is 0 Å². The second-order valence-corrected chi connectivity index (χ2v) is 7.78. The van der Waals surface area contributed by atoms with Crippen molar-refractivity contribution in [2.24, 2.45) is 5.41 Å². The van der Waals surface area contributed by atoms with Gasteiger partial charge in [-0.2, -0.15) is 13.2 Å². The lowest BCUT2D eigenvalue weighted by Crippen LogP contribution is -2.36. The smallest absolute Gasteiger partial charge is 0.365 e. The van der Waals surface area contributed by atoms with E-state index in [2.05, 4.69) is 15.3 Å². The molecule has 0 aliphatic rings. The Morgan fingerprint density at radius 3 is 2.17 bits per heavy atom. The van der Waals surface area contributed by atoms with Crippen LogP contribution in [0.1, 0.15) is 46.9 Å². The first-order valence-corrected chi connectivity index (χ1v) is 7.60. The number of nitrogens with one attached hydrogen (secondary N) is 1. The molecule has 0 unspecified atom stereocenters. The van der Waals surface area contributed by atoms with Crippen molar-refractivity contribution in [3.05, 3.63) is 29.8 Å². The zero-order valence-electron chi connectivity index (χ0n) is 14.3. The van der Waals surface area contributed by atoms with E-state index in [0.717, 1.165) is 6.07 Å². The summed E-state index contributed by atoms with van der Waals surface area (Å²) in [5.74, 6) is -2.17. The van der Waals surface area contributed by atoms with Crippen molar-refractivity contribution >= 4 is 16.7 Å². The molecule has 0 aliphatic heterocycles. The molecule has 132 valence electrons. The van der Waals surface area contributed by atoms with Crippen LogP contribution in [-0.4, -0.2) is 15.5 Å². The van der Waals surface area contributed by atoms with Crippen molar-refractivity contribution in [2.75, 3.05) is 5.32 Å². The monoisotopic (exact) mass is 343 g/mol. The first kappa shape index (κ1) is 18.4. The van der Waals surface area contributed by atoms with Crippen LogP contribution in [0.3, 0.4) is 0 Å².